The first-order chi connectivity index (χ1) is 5.31. The first kappa shape index (κ1) is 10.8. The summed E-state index contributed by atoms with van der Waals surface area (Å²) < 4.78 is 5.23. The van der Waals surface area contributed by atoms with Crippen LogP contribution in [0.4, 0.5) is 0 Å². The standard InChI is InChI=1S/C7H18N2O2/c1-7(11-9)6-10-5-3-2-4-8/h7H,2-6,8-9H2,1H3. The molecule has 68 valence electrons. The van der Waals surface area contributed by atoms with Gasteiger partial charge in [0, 0.05) is 6.61 Å². The average molecular weight is 162 g/mol. The molecular weight excluding hydrogens is 144 g/mol. The van der Waals surface area contributed by atoms with E-state index < -0.39 is 0 Å². The minimum Gasteiger partial charge on any atom is -0.379 e. The molecule has 0 fully saturated rings. The summed E-state index contributed by atoms with van der Waals surface area (Å²) in [5.41, 5.74) is 5.30. The lowest BCUT2D eigenvalue weighted by Crippen LogP contribution is -2.19. The first-order valence-electron chi connectivity index (χ1n) is 3.94. The number of ether oxygens (including phenoxy) is 1. The van der Waals surface area contributed by atoms with Crippen molar-refractivity contribution in [3.05, 3.63) is 0 Å². The van der Waals surface area contributed by atoms with E-state index in [1.54, 1.807) is 0 Å². The Morgan fingerprint density at radius 3 is 2.64 bits per heavy atom. The first-order valence-corrected chi connectivity index (χ1v) is 3.94. The molecule has 0 heterocycles. The molecule has 0 rings (SSSR count). The fraction of sp³-hybridized carbons (Fsp3) is 1.00. The zero-order valence-corrected chi connectivity index (χ0v) is 7.08. The Labute approximate surface area is 67.8 Å². The van der Waals surface area contributed by atoms with Crippen LogP contribution >= 0.6 is 0 Å². The molecule has 0 aliphatic heterocycles. The van der Waals surface area contributed by atoms with E-state index >= 15 is 0 Å². The van der Waals surface area contributed by atoms with Crippen molar-refractivity contribution < 1.29 is 9.57 Å². The van der Waals surface area contributed by atoms with Crippen LogP contribution in [0.5, 0.6) is 0 Å². The SMILES string of the molecule is CC(COCCCCN)ON. The quantitative estimate of drug-likeness (QED) is 0.409. The molecule has 1 unspecified atom stereocenters. The van der Waals surface area contributed by atoms with Gasteiger partial charge in [0.25, 0.3) is 0 Å². The second-order valence-electron chi connectivity index (χ2n) is 2.52. The van der Waals surface area contributed by atoms with Gasteiger partial charge in [-0.25, -0.2) is 5.90 Å². The van der Waals surface area contributed by atoms with Crippen molar-refractivity contribution in [2.75, 3.05) is 19.8 Å². The number of unbranched alkanes of at least 4 members (excludes halogenated alkanes) is 1. The van der Waals surface area contributed by atoms with E-state index in [1.807, 2.05) is 6.92 Å². The second-order valence-corrected chi connectivity index (χ2v) is 2.52. The Balaban J connectivity index is 2.89. The van der Waals surface area contributed by atoms with Crippen molar-refractivity contribution in [1.82, 2.24) is 0 Å². The fourth-order valence-electron chi connectivity index (χ4n) is 0.637. The summed E-state index contributed by atoms with van der Waals surface area (Å²) in [5, 5.41) is 0. The lowest BCUT2D eigenvalue weighted by Gasteiger charge is -2.08. The molecule has 4 nitrogen and oxygen atoms in total. The molecule has 0 amide bonds. The molecule has 0 aromatic heterocycles. The highest BCUT2D eigenvalue weighted by Gasteiger charge is 1.98. The van der Waals surface area contributed by atoms with Crippen LogP contribution in [0.3, 0.4) is 0 Å². The zero-order chi connectivity index (χ0) is 8.53. The van der Waals surface area contributed by atoms with Crippen molar-refractivity contribution in [2.24, 2.45) is 11.6 Å². The molecule has 0 radical (unpaired) electrons. The van der Waals surface area contributed by atoms with Gasteiger partial charge in [-0.3, -0.25) is 4.84 Å². The molecule has 0 saturated heterocycles. The maximum atomic E-state index is 5.30. The van der Waals surface area contributed by atoms with Gasteiger partial charge in [-0.15, -0.1) is 0 Å². The molecule has 0 aliphatic rings. The molecule has 0 spiro atoms. The van der Waals surface area contributed by atoms with Gasteiger partial charge in [-0.1, -0.05) is 0 Å². The minimum atomic E-state index is -0.0205. The van der Waals surface area contributed by atoms with E-state index in [0.29, 0.717) is 6.61 Å². The van der Waals surface area contributed by atoms with Gasteiger partial charge < -0.3 is 10.5 Å². The van der Waals surface area contributed by atoms with Crippen LogP contribution in [0.2, 0.25) is 0 Å². The predicted molar refractivity (Wildman–Crippen MR) is 43.8 cm³/mol. The third kappa shape index (κ3) is 7.74. The van der Waals surface area contributed by atoms with Crippen LogP contribution in [0.25, 0.3) is 0 Å². The summed E-state index contributed by atoms with van der Waals surface area (Å²) in [6, 6.07) is 0. The lowest BCUT2D eigenvalue weighted by molar-refractivity contribution is -0.00825. The van der Waals surface area contributed by atoms with Gasteiger partial charge >= 0.3 is 0 Å². The van der Waals surface area contributed by atoms with Gasteiger partial charge in [0.05, 0.1) is 12.7 Å². The van der Waals surface area contributed by atoms with Crippen LogP contribution in [-0.2, 0) is 9.57 Å². The third-order valence-corrected chi connectivity index (χ3v) is 1.33. The second kappa shape index (κ2) is 7.94. The van der Waals surface area contributed by atoms with Gasteiger partial charge in [0.1, 0.15) is 0 Å². The van der Waals surface area contributed by atoms with Crippen molar-refractivity contribution in [3.8, 4) is 0 Å². The van der Waals surface area contributed by atoms with Gasteiger partial charge in [-0.2, -0.15) is 0 Å². The van der Waals surface area contributed by atoms with Gasteiger partial charge in [-0.05, 0) is 26.3 Å². The topological polar surface area (TPSA) is 70.5 Å². The minimum absolute atomic E-state index is 0.0205. The number of rotatable bonds is 7. The monoisotopic (exact) mass is 162 g/mol. The summed E-state index contributed by atoms with van der Waals surface area (Å²) in [7, 11) is 0. The molecule has 4 heteroatoms. The van der Waals surface area contributed by atoms with Crippen LogP contribution in [0.1, 0.15) is 19.8 Å². The lowest BCUT2D eigenvalue weighted by atomic mass is 10.3. The largest absolute Gasteiger partial charge is 0.379 e. The van der Waals surface area contributed by atoms with E-state index in [0.717, 1.165) is 26.0 Å². The van der Waals surface area contributed by atoms with Gasteiger partial charge in [0.2, 0.25) is 0 Å². The fourth-order valence-corrected chi connectivity index (χ4v) is 0.637. The Kier molecular flexibility index (Phi) is 7.83. The maximum Gasteiger partial charge on any atom is 0.0992 e. The highest BCUT2D eigenvalue weighted by Crippen LogP contribution is 1.91. The molecule has 1 atom stereocenters. The number of hydrogen-bond acceptors (Lipinski definition) is 4. The Hall–Kier alpha value is -0.160. The molecular formula is C7H18N2O2. The highest BCUT2D eigenvalue weighted by molar-refractivity contribution is 4.45. The summed E-state index contributed by atoms with van der Waals surface area (Å²) in [6.45, 7) is 3.89. The van der Waals surface area contributed by atoms with Crippen molar-refractivity contribution in [3.63, 3.8) is 0 Å². The van der Waals surface area contributed by atoms with E-state index in [-0.39, 0.29) is 6.10 Å². The Bertz CT molecular complexity index is 80.8. The summed E-state index contributed by atoms with van der Waals surface area (Å²) in [5.74, 6) is 4.91. The average Bonchev–Trinajstić information content (AvgIpc) is 2.04. The van der Waals surface area contributed by atoms with Gasteiger partial charge in [0.15, 0.2) is 0 Å². The van der Waals surface area contributed by atoms with Crippen LogP contribution in [0, 0.1) is 0 Å². The molecule has 0 aromatic carbocycles. The Morgan fingerprint density at radius 2 is 2.09 bits per heavy atom. The molecule has 0 bridgehead atoms. The molecule has 4 N–H and O–H groups in total. The van der Waals surface area contributed by atoms with Crippen LogP contribution in [0.15, 0.2) is 0 Å². The summed E-state index contributed by atoms with van der Waals surface area (Å²) in [6.07, 6.45) is 2.00. The van der Waals surface area contributed by atoms with Crippen LogP contribution < -0.4 is 11.6 Å². The van der Waals surface area contributed by atoms with E-state index in [1.165, 1.54) is 0 Å². The van der Waals surface area contributed by atoms with Crippen molar-refractivity contribution in [2.45, 2.75) is 25.9 Å². The highest BCUT2D eigenvalue weighted by atomic mass is 16.6. The van der Waals surface area contributed by atoms with Crippen LogP contribution in [-0.4, -0.2) is 25.9 Å². The zero-order valence-electron chi connectivity index (χ0n) is 7.08. The number of hydrogen-bond donors (Lipinski definition) is 2. The van der Waals surface area contributed by atoms with E-state index in [4.69, 9.17) is 16.4 Å². The molecule has 0 aliphatic carbocycles. The van der Waals surface area contributed by atoms with Crippen molar-refractivity contribution in [1.29, 1.82) is 0 Å². The smallest absolute Gasteiger partial charge is 0.0992 e. The van der Waals surface area contributed by atoms with Crippen molar-refractivity contribution >= 4 is 0 Å². The third-order valence-electron chi connectivity index (χ3n) is 1.33. The summed E-state index contributed by atoms with van der Waals surface area (Å²) in [4.78, 5) is 4.51. The normalized spacial score (nSPS) is 13.4. The molecule has 11 heavy (non-hydrogen) atoms. The molecule has 0 aromatic rings. The summed E-state index contributed by atoms with van der Waals surface area (Å²) >= 11 is 0. The number of nitrogens with two attached hydrogens (primary N) is 2. The van der Waals surface area contributed by atoms with E-state index in [9.17, 15) is 0 Å². The van der Waals surface area contributed by atoms with E-state index in [2.05, 4.69) is 4.84 Å². The molecule has 0 saturated carbocycles. The maximum absolute atomic E-state index is 5.30. The predicted octanol–water partition coefficient (Wildman–Crippen LogP) is 0.0207. The Morgan fingerprint density at radius 1 is 1.36 bits per heavy atom.